The average molecular weight is 220 g/mol. The molecule has 0 saturated carbocycles. The van der Waals surface area contributed by atoms with Gasteiger partial charge in [-0.3, -0.25) is 4.79 Å². The average Bonchev–Trinajstić information content (AvgIpc) is 2.56. The zero-order valence-corrected chi connectivity index (χ0v) is 8.50. The second-order valence-electron chi connectivity index (χ2n) is 3.42. The van der Waals surface area contributed by atoms with E-state index in [0.29, 0.717) is 0 Å². The molecule has 1 saturated heterocycles. The molecule has 0 aliphatic carbocycles. The van der Waals surface area contributed by atoms with Gasteiger partial charge in [0.25, 0.3) is 0 Å². The van der Waals surface area contributed by atoms with E-state index < -0.39 is 37.0 Å². The second kappa shape index (κ2) is 5.41. The first-order valence-corrected chi connectivity index (χ1v) is 4.88. The summed E-state index contributed by atoms with van der Waals surface area (Å²) in [6.07, 6.45) is -3.73. The van der Waals surface area contributed by atoms with E-state index in [9.17, 15) is 15.0 Å². The van der Waals surface area contributed by atoms with Gasteiger partial charge in [-0.05, 0) is 0 Å². The minimum absolute atomic E-state index is 0.0218. The van der Waals surface area contributed by atoms with Crippen molar-refractivity contribution in [3.63, 3.8) is 0 Å². The Labute approximate surface area is 87.4 Å². The number of hydrogen-bond donors (Lipinski definition) is 3. The van der Waals surface area contributed by atoms with Crippen LogP contribution in [0.3, 0.4) is 0 Å². The van der Waals surface area contributed by atoms with Gasteiger partial charge in [0.1, 0.15) is 18.3 Å². The van der Waals surface area contributed by atoms with Gasteiger partial charge < -0.3 is 24.8 Å². The summed E-state index contributed by atoms with van der Waals surface area (Å²) in [4.78, 5) is 11.0. The highest BCUT2D eigenvalue weighted by Crippen LogP contribution is 2.19. The summed E-state index contributed by atoms with van der Waals surface area (Å²) >= 11 is 0. The lowest BCUT2D eigenvalue weighted by Crippen LogP contribution is -2.42. The summed E-state index contributed by atoms with van der Waals surface area (Å²) in [6, 6.07) is 0. The fraction of sp³-hybridized carbons (Fsp3) is 0.889. The van der Waals surface area contributed by atoms with Crippen LogP contribution in [0.25, 0.3) is 0 Å². The van der Waals surface area contributed by atoms with Crippen LogP contribution >= 0.6 is 0 Å². The number of esters is 1. The molecule has 0 aromatic heterocycles. The maximum absolute atomic E-state index is 11.0. The Kier molecular flexibility index (Phi) is 4.46. The number of carbonyl (C=O) groups excluding carboxylic acids is 1. The van der Waals surface area contributed by atoms with E-state index in [-0.39, 0.29) is 13.0 Å². The fourth-order valence-electron chi connectivity index (χ4n) is 1.41. The summed E-state index contributed by atoms with van der Waals surface area (Å²) < 4.78 is 9.91. The molecule has 88 valence electrons. The number of ether oxygens (including phenoxy) is 2. The molecule has 0 amide bonds. The highest BCUT2D eigenvalue weighted by molar-refractivity contribution is 5.69. The highest BCUT2D eigenvalue weighted by Gasteiger charge is 2.41. The lowest BCUT2D eigenvalue weighted by molar-refractivity contribution is -0.162. The first-order valence-electron chi connectivity index (χ1n) is 4.88. The van der Waals surface area contributed by atoms with Crippen LogP contribution in [-0.4, -0.2) is 58.9 Å². The lowest BCUT2D eigenvalue weighted by Gasteiger charge is -2.23. The van der Waals surface area contributed by atoms with Crippen molar-refractivity contribution in [3.05, 3.63) is 0 Å². The Morgan fingerprint density at radius 1 is 1.60 bits per heavy atom. The van der Waals surface area contributed by atoms with Crippen molar-refractivity contribution in [3.8, 4) is 0 Å². The SMILES string of the molecule is CCC(=O)O[C@H](CO)[C@H]1OC[C@H](O)[C@H]1O. The molecule has 1 aliphatic heterocycles. The molecule has 6 heteroatoms. The Hall–Kier alpha value is -0.690. The van der Waals surface area contributed by atoms with Gasteiger partial charge in [0.05, 0.1) is 13.2 Å². The third-order valence-corrected chi connectivity index (χ3v) is 2.31. The van der Waals surface area contributed by atoms with Gasteiger partial charge in [-0.2, -0.15) is 0 Å². The van der Waals surface area contributed by atoms with E-state index >= 15 is 0 Å². The summed E-state index contributed by atoms with van der Waals surface area (Å²) in [5.41, 5.74) is 0. The van der Waals surface area contributed by atoms with Crippen LogP contribution in [0.4, 0.5) is 0 Å². The molecule has 0 aromatic carbocycles. The Morgan fingerprint density at radius 2 is 2.27 bits per heavy atom. The van der Waals surface area contributed by atoms with Gasteiger partial charge in [0, 0.05) is 6.42 Å². The zero-order valence-electron chi connectivity index (χ0n) is 8.50. The zero-order chi connectivity index (χ0) is 11.4. The number of aliphatic hydroxyl groups excluding tert-OH is 3. The molecule has 1 rings (SSSR count). The van der Waals surface area contributed by atoms with Gasteiger partial charge in [-0.15, -0.1) is 0 Å². The van der Waals surface area contributed by atoms with Crippen LogP contribution in [-0.2, 0) is 14.3 Å². The van der Waals surface area contributed by atoms with Gasteiger partial charge >= 0.3 is 5.97 Å². The molecular weight excluding hydrogens is 204 g/mol. The molecule has 0 radical (unpaired) electrons. The molecule has 0 aromatic rings. The smallest absolute Gasteiger partial charge is 0.305 e. The van der Waals surface area contributed by atoms with Crippen LogP contribution in [0.15, 0.2) is 0 Å². The van der Waals surface area contributed by atoms with Crippen molar-refractivity contribution in [2.24, 2.45) is 0 Å². The van der Waals surface area contributed by atoms with Gasteiger partial charge in [0.15, 0.2) is 6.10 Å². The van der Waals surface area contributed by atoms with Crippen LogP contribution < -0.4 is 0 Å². The number of rotatable bonds is 4. The van der Waals surface area contributed by atoms with Crippen LogP contribution in [0, 0.1) is 0 Å². The first kappa shape index (κ1) is 12.4. The minimum atomic E-state index is -1.13. The van der Waals surface area contributed by atoms with E-state index in [4.69, 9.17) is 14.6 Å². The lowest BCUT2D eigenvalue weighted by atomic mass is 10.1. The maximum atomic E-state index is 11.0. The van der Waals surface area contributed by atoms with Crippen LogP contribution in [0.2, 0.25) is 0 Å². The van der Waals surface area contributed by atoms with Crippen molar-refractivity contribution < 1.29 is 29.6 Å². The van der Waals surface area contributed by atoms with E-state index in [1.807, 2.05) is 0 Å². The molecule has 4 atom stereocenters. The van der Waals surface area contributed by atoms with E-state index in [1.54, 1.807) is 6.92 Å². The Balaban J connectivity index is 2.55. The molecule has 15 heavy (non-hydrogen) atoms. The number of aliphatic hydroxyl groups is 3. The fourth-order valence-corrected chi connectivity index (χ4v) is 1.41. The molecule has 1 aliphatic rings. The van der Waals surface area contributed by atoms with E-state index in [0.717, 1.165) is 0 Å². The standard InChI is InChI=1S/C9H16O6/c1-2-7(12)15-6(3-10)9-8(13)5(11)4-14-9/h5-6,8-11,13H,2-4H2,1H3/t5-,6+,8+,9+/m0/s1. The van der Waals surface area contributed by atoms with Crippen molar-refractivity contribution in [2.75, 3.05) is 13.2 Å². The molecule has 1 fully saturated rings. The second-order valence-corrected chi connectivity index (χ2v) is 3.42. The Morgan fingerprint density at radius 3 is 2.67 bits per heavy atom. The Bertz CT molecular complexity index is 219. The quantitative estimate of drug-likeness (QED) is 0.495. The van der Waals surface area contributed by atoms with Crippen molar-refractivity contribution in [1.29, 1.82) is 0 Å². The number of hydrogen-bond acceptors (Lipinski definition) is 6. The third-order valence-electron chi connectivity index (χ3n) is 2.31. The van der Waals surface area contributed by atoms with Crippen molar-refractivity contribution >= 4 is 5.97 Å². The van der Waals surface area contributed by atoms with E-state index in [1.165, 1.54) is 0 Å². The summed E-state index contributed by atoms with van der Waals surface area (Å²) in [5, 5.41) is 27.7. The molecule has 0 unspecified atom stereocenters. The minimum Gasteiger partial charge on any atom is -0.457 e. The third kappa shape index (κ3) is 2.88. The van der Waals surface area contributed by atoms with E-state index in [2.05, 4.69) is 0 Å². The predicted octanol–water partition coefficient (Wildman–Crippen LogP) is -1.58. The molecule has 1 heterocycles. The summed E-state index contributed by atoms with van der Waals surface area (Å²) in [7, 11) is 0. The molecule has 6 nitrogen and oxygen atoms in total. The van der Waals surface area contributed by atoms with Crippen LogP contribution in [0.5, 0.6) is 0 Å². The largest absolute Gasteiger partial charge is 0.457 e. The molecule has 3 N–H and O–H groups in total. The van der Waals surface area contributed by atoms with Gasteiger partial charge in [-0.25, -0.2) is 0 Å². The summed E-state index contributed by atoms with van der Waals surface area (Å²) in [5.74, 6) is -0.480. The maximum Gasteiger partial charge on any atom is 0.305 e. The summed E-state index contributed by atoms with van der Waals surface area (Å²) in [6.45, 7) is 1.16. The van der Waals surface area contributed by atoms with Crippen molar-refractivity contribution in [1.82, 2.24) is 0 Å². The van der Waals surface area contributed by atoms with Crippen molar-refractivity contribution in [2.45, 2.75) is 37.8 Å². The molecule has 0 bridgehead atoms. The van der Waals surface area contributed by atoms with Crippen LogP contribution in [0.1, 0.15) is 13.3 Å². The monoisotopic (exact) mass is 220 g/mol. The first-order chi connectivity index (χ1) is 7.10. The van der Waals surface area contributed by atoms with Gasteiger partial charge in [-0.1, -0.05) is 6.92 Å². The highest BCUT2D eigenvalue weighted by atomic mass is 16.6. The van der Waals surface area contributed by atoms with Gasteiger partial charge in [0.2, 0.25) is 0 Å². The predicted molar refractivity (Wildman–Crippen MR) is 49.0 cm³/mol. The number of carbonyl (C=O) groups is 1. The normalized spacial score (nSPS) is 32.7. The molecular formula is C9H16O6. The topological polar surface area (TPSA) is 96.2 Å². The molecule has 0 spiro atoms.